The molecule has 1 N–H and O–H groups in total. The first kappa shape index (κ1) is 9.04. The average Bonchev–Trinajstić information content (AvgIpc) is 2.35. The van der Waals surface area contributed by atoms with Gasteiger partial charge in [-0.3, -0.25) is 4.79 Å². The Bertz CT molecular complexity index is 228. The Balaban J connectivity index is 2.20. The molecule has 66 valence electrons. The summed E-state index contributed by atoms with van der Waals surface area (Å²) in [5.74, 6) is 0.243. The van der Waals surface area contributed by atoms with Crippen molar-refractivity contribution in [1.29, 1.82) is 0 Å². The highest BCUT2D eigenvalue weighted by molar-refractivity contribution is 5.92. The quantitative estimate of drug-likeness (QED) is 0.643. The Morgan fingerprint density at radius 3 is 2.92 bits per heavy atom. The average molecular weight is 165 g/mol. The highest BCUT2D eigenvalue weighted by atomic mass is 16.1. The van der Waals surface area contributed by atoms with Gasteiger partial charge in [0.2, 0.25) is 0 Å². The Kier molecular flexibility index (Phi) is 3.09. The smallest absolute Gasteiger partial charge is 0.157 e. The maximum absolute atomic E-state index is 10.8. The molecule has 0 aromatic heterocycles. The molecule has 0 atom stereocenters. The third kappa shape index (κ3) is 2.91. The maximum Gasteiger partial charge on any atom is 0.157 e. The van der Waals surface area contributed by atoms with Gasteiger partial charge in [-0.15, -0.1) is 6.58 Å². The highest BCUT2D eigenvalue weighted by Gasteiger charge is 2.10. The third-order valence-electron chi connectivity index (χ3n) is 1.88. The summed E-state index contributed by atoms with van der Waals surface area (Å²) in [4.78, 5) is 10.8. The van der Waals surface area contributed by atoms with Gasteiger partial charge in [0.05, 0.1) is 0 Å². The van der Waals surface area contributed by atoms with E-state index in [1.54, 1.807) is 6.08 Å². The number of ketones is 1. The molecular formula is C10H15NO. The largest absolute Gasteiger partial charge is 0.388 e. The van der Waals surface area contributed by atoms with Crippen LogP contribution < -0.4 is 5.32 Å². The van der Waals surface area contributed by atoms with Crippen LogP contribution in [-0.4, -0.2) is 12.3 Å². The van der Waals surface area contributed by atoms with Crippen LogP contribution in [0.3, 0.4) is 0 Å². The summed E-state index contributed by atoms with van der Waals surface area (Å²) in [5.41, 5.74) is 2.26. The fourth-order valence-corrected chi connectivity index (χ4v) is 1.17. The SMILES string of the molecule is C=C(C)CCNC1=CC(=O)CC1. The number of hydrogen-bond acceptors (Lipinski definition) is 2. The van der Waals surface area contributed by atoms with Crippen LogP contribution >= 0.6 is 0 Å². The van der Waals surface area contributed by atoms with Crippen LogP contribution in [0.25, 0.3) is 0 Å². The van der Waals surface area contributed by atoms with Gasteiger partial charge in [-0.2, -0.15) is 0 Å². The molecule has 0 unspecified atom stereocenters. The van der Waals surface area contributed by atoms with Crippen molar-refractivity contribution in [3.63, 3.8) is 0 Å². The Morgan fingerprint density at radius 2 is 2.42 bits per heavy atom. The second kappa shape index (κ2) is 4.10. The van der Waals surface area contributed by atoms with Gasteiger partial charge >= 0.3 is 0 Å². The van der Waals surface area contributed by atoms with Crippen molar-refractivity contribution in [2.75, 3.05) is 6.54 Å². The molecule has 2 heteroatoms. The van der Waals surface area contributed by atoms with Crippen LogP contribution in [-0.2, 0) is 4.79 Å². The van der Waals surface area contributed by atoms with Crippen LogP contribution in [0, 0.1) is 0 Å². The van der Waals surface area contributed by atoms with Crippen LogP contribution in [0.15, 0.2) is 23.9 Å². The fourth-order valence-electron chi connectivity index (χ4n) is 1.17. The van der Waals surface area contributed by atoms with E-state index in [0.717, 1.165) is 25.1 Å². The van der Waals surface area contributed by atoms with Gasteiger partial charge in [-0.25, -0.2) is 0 Å². The zero-order valence-corrected chi connectivity index (χ0v) is 7.52. The van der Waals surface area contributed by atoms with Gasteiger partial charge in [0.1, 0.15) is 0 Å². The Hall–Kier alpha value is -1.05. The number of rotatable bonds is 4. The lowest BCUT2D eigenvalue weighted by molar-refractivity contribution is -0.114. The van der Waals surface area contributed by atoms with Crippen LogP contribution in [0.4, 0.5) is 0 Å². The fraction of sp³-hybridized carbons (Fsp3) is 0.500. The monoisotopic (exact) mass is 165 g/mol. The number of nitrogens with one attached hydrogen (secondary N) is 1. The molecule has 12 heavy (non-hydrogen) atoms. The molecule has 0 saturated carbocycles. The van der Waals surface area contributed by atoms with Gasteiger partial charge in [0.15, 0.2) is 5.78 Å². The zero-order chi connectivity index (χ0) is 8.97. The van der Waals surface area contributed by atoms with E-state index in [4.69, 9.17) is 0 Å². The molecule has 0 aliphatic heterocycles. The highest BCUT2D eigenvalue weighted by Crippen LogP contribution is 2.11. The molecule has 0 saturated heterocycles. The standard InChI is InChI=1S/C10H15NO/c1-8(2)5-6-11-9-3-4-10(12)7-9/h7,11H,1,3-6H2,2H3. The summed E-state index contributed by atoms with van der Waals surface area (Å²) in [7, 11) is 0. The van der Waals surface area contributed by atoms with Gasteiger partial charge in [-0.05, 0) is 19.8 Å². The molecule has 0 heterocycles. The van der Waals surface area contributed by atoms with E-state index in [1.165, 1.54) is 5.57 Å². The summed E-state index contributed by atoms with van der Waals surface area (Å²) in [5, 5.41) is 3.22. The molecule has 0 aromatic rings. The van der Waals surface area contributed by atoms with Crippen LogP contribution in [0.1, 0.15) is 26.2 Å². The van der Waals surface area contributed by atoms with Gasteiger partial charge in [-0.1, -0.05) is 5.57 Å². The molecule has 1 aliphatic rings. The topological polar surface area (TPSA) is 29.1 Å². The maximum atomic E-state index is 10.8. The number of hydrogen-bond donors (Lipinski definition) is 1. The van der Waals surface area contributed by atoms with Crippen molar-refractivity contribution in [1.82, 2.24) is 5.32 Å². The molecule has 0 spiro atoms. The molecule has 0 fully saturated rings. The predicted octanol–water partition coefficient (Wildman–Crippen LogP) is 1.79. The molecule has 0 bridgehead atoms. The summed E-state index contributed by atoms with van der Waals surface area (Å²) in [6, 6.07) is 0. The van der Waals surface area contributed by atoms with Crippen LogP contribution in [0.2, 0.25) is 0 Å². The third-order valence-corrected chi connectivity index (χ3v) is 1.88. The second-order valence-corrected chi connectivity index (χ2v) is 3.27. The lowest BCUT2D eigenvalue weighted by atomic mass is 10.2. The molecule has 0 amide bonds. The first-order chi connectivity index (χ1) is 5.68. The van der Waals surface area contributed by atoms with Crippen molar-refractivity contribution < 1.29 is 4.79 Å². The van der Waals surface area contributed by atoms with E-state index in [9.17, 15) is 4.79 Å². The molecule has 0 radical (unpaired) electrons. The van der Waals surface area contributed by atoms with Crippen molar-refractivity contribution in [3.8, 4) is 0 Å². The number of carbonyl (C=O) groups excluding carboxylic acids is 1. The molecular weight excluding hydrogens is 150 g/mol. The molecule has 1 aliphatic carbocycles. The summed E-state index contributed by atoms with van der Waals surface area (Å²) in [6.45, 7) is 6.71. The lowest BCUT2D eigenvalue weighted by Gasteiger charge is -2.05. The van der Waals surface area contributed by atoms with E-state index in [2.05, 4.69) is 11.9 Å². The van der Waals surface area contributed by atoms with E-state index >= 15 is 0 Å². The van der Waals surface area contributed by atoms with Crippen molar-refractivity contribution in [3.05, 3.63) is 23.9 Å². The van der Waals surface area contributed by atoms with Crippen molar-refractivity contribution >= 4 is 5.78 Å². The first-order valence-electron chi connectivity index (χ1n) is 4.30. The summed E-state index contributed by atoms with van der Waals surface area (Å²) < 4.78 is 0. The van der Waals surface area contributed by atoms with Crippen LogP contribution in [0.5, 0.6) is 0 Å². The van der Waals surface area contributed by atoms with E-state index in [0.29, 0.717) is 6.42 Å². The number of allylic oxidation sites excluding steroid dienone is 2. The molecule has 2 nitrogen and oxygen atoms in total. The van der Waals surface area contributed by atoms with Crippen molar-refractivity contribution in [2.45, 2.75) is 26.2 Å². The minimum Gasteiger partial charge on any atom is -0.388 e. The van der Waals surface area contributed by atoms with Crippen molar-refractivity contribution in [2.24, 2.45) is 0 Å². The lowest BCUT2D eigenvalue weighted by Crippen LogP contribution is -2.13. The Labute approximate surface area is 73.4 Å². The van der Waals surface area contributed by atoms with E-state index < -0.39 is 0 Å². The zero-order valence-electron chi connectivity index (χ0n) is 7.52. The number of carbonyl (C=O) groups is 1. The summed E-state index contributed by atoms with van der Waals surface area (Å²) in [6.07, 6.45) is 4.24. The molecule has 1 rings (SSSR count). The van der Waals surface area contributed by atoms with Gasteiger partial charge in [0.25, 0.3) is 0 Å². The minimum atomic E-state index is 0.243. The summed E-state index contributed by atoms with van der Waals surface area (Å²) >= 11 is 0. The normalized spacial score (nSPS) is 16.1. The van der Waals surface area contributed by atoms with Gasteiger partial charge < -0.3 is 5.32 Å². The minimum absolute atomic E-state index is 0.243. The first-order valence-corrected chi connectivity index (χ1v) is 4.30. The van der Waals surface area contributed by atoms with Gasteiger partial charge in [0, 0.05) is 24.7 Å². The Morgan fingerprint density at radius 1 is 1.67 bits per heavy atom. The molecule has 0 aromatic carbocycles. The van der Waals surface area contributed by atoms with E-state index in [1.807, 2.05) is 6.92 Å². The second-order valence-electron chi connectivity index (χ2n) is 3.27. The predicted molar refractivity (Wildman–Crippen MR) is 49.8 cm³/mol. The van der Waals surface area contributed by atoms with E-state index in [-0.39, 0.29) is 5.78 Å².